The highest BCUT2D eigenvalue weighted by Gasteiger charge is 2.31. The van der Waals surface area contributed by atoms with Crippen LogP contribution in [-0.4, -0.2) is 52.0 Å². The van der Waals surface area contributed by atoms with Crippen LogP contribution in [-0.2, 0) is 11.3 Å². The van der Waals surface area contributed by atoms with E-state index in [1.165, 1.54) is 11.6 Å². The van der Waals surface area contributed by atoms with Crippen molar-refractivity contribution in [3.8, 4) is 0 Å². The molecule has 1 aromatic carbocycles. The van der Waals surface area contributed by atoms with E-state index in [1.54, 1.807) is 31.5 Å². The first-order chi connectivity index (χ1) is 12.5. The molecule has 1 aromatic heterocycles. The summed E-state index contributed by atoms with van der Waals surface area (Å²) in [6.07, 6.45) is 4.41. The number of carbonyl (C=O) groups is 1. The van der Waals surface area contributed by atoms with Gasteiger partial charge in [-0.1, -0.05) is 12.1 Å². The van der Waals surface area contributed by atoms with E-state index < -0.39 is 17.8 Å². The Morgan fingerprint density at radius 2 is 1.96 bits per heavy atom. The molecule has 0 spiro atoms. The van der Waals surface area contributed by atoms with Gasteiger partial charge < -0.3 is 5.11 Å². The van der Waals surface area contributed by atoms with E-state index in [1.807, 2.05) is 17.0 Å². The molecule has 0 aliphatic carbocycles. The van der Waals surface area contributed by atoms with Gasteiger partial charge in [-0.15, -0.1) is 0 Å². The summed E-state index contributed by atoms with van der Waals surface area (Å²) in [5.41, 5.74) is 2.22. The van der Waals surface area contributed by atoms with Gasteiger partial charge in [0.05, 0.1) is 0 Å². The number of aryl methyl sites for hydroxylation is 1. The second-order valence-electron chi connectivity index (χ2n) is 6.79. The van der Waals surface area contributed by atoms with Crippen LogP contribution in [0.15, 0.2) is 42.7 Å². The van der Waals surface area contributed by atoms with Gasteiger partial charge >= 0.3 is 5.97 Å². The molecule has 3 rings (SSSR count). The molecule has 0 bridgehead atoms. The molecule has 0 unspecified atom stereocenters. The molecule has 1 aliphatic heterocycles. The van der Waals surface area contributed by atoms with E-state index in [2.05, 4.69) is 9.88 Å². The van der Waals surface area contributed by atoms with E-state index >= 15 is 0 Å². The lowest BCUT2D eigenvalue weighted by Crippen LogP contribution is -2.37. The van der Waals surface area contributed by atoms with E-state index in [0.29, 0.717) is 13.1 Å². The van der Waals surface area contributed by atoms with Crippen LogP contribution >= 0.6 is 0 Å². The number of aromatic nitrogens is 1. The monoisotopic (exact) mass is 357 g/mol. The molecule has 138 valence electrons. The second kappa shape index (κ2) is 8.38. The topological polar surface area (TPSA) is 56.7 Å². The Labute approximate surface area is 153 Å². The molecule has 1 fully saturated rings. The molecule has 5 nitrogen and oxygen atoms in total. The van der Waals surface area contributed by atoms with E-state index in [0.717, 1.165) is 31.6 Å². The van der Waals surface area contributed by atoms with Crippen molar-refractivity contribution in [3.05, 3.63) is 65.2 Å². The molecule has 1 atom stereocenters. The molecule has 2 aromatic rings. The van der Waals surface area contributed by atoms with Crippen molar-refractivity contribution < 1.29 is 14.3 Å². The summed E-state index contributed by atoms with van der Waals surface area (Å²) in [6, 6.07) is 7.80. The van der Waals surface area contributed by atoms with Gasteiger partial charge in [0.2, 0.25) is 0 Å². The summed E-state index contributed by atoms with van der Waals surface area (Å²) in [4.78, 5) is 20.1. The lowest BCUT2D eigenvalue weighted by molar-refractivity contribution is -0.143. The van der Waals surface area contributed by atoms with E-state index in [9.17, 15) is 14.3 Å². The number of benzene rings is 1. The lowest BCUT2D eigenvalue weighted by atomic mass is 10.0. The summed E-state index contributed by atoms with van der Waals surface area (Å²) >= 11 is 0. The van der Waals surface area contributed by atoms with Gasteiger partial charge in [0.1, 0.15) is 11.9 Å². The smallest absolute Gasteiger partial charge is 0.325 e. The number of rotatable bonds is 5. The van der Waals surface area contributed by atoms with Crippen LogP contribution in [0.5, 0.6) is 0 Å². The zero-order valence-electron chi connectivity index (χ0n) is 14.9. The number of hydrogen-bond donors (Lipinski definition) is 1. The van der Waals surface area contributed by atoms with Gasteiger partial charge in [0.25, 0.3) is 0 Å². The zero-order chi connectivity index (χ0) is 18.5. The molecule has 1 aliphatic rings. The number of hydrogen-bond acceptors (Lipinski definition) is 4. The molecule has 1 N–H and O–H groups in total. The minimum Gasteiger partial charge on any atom is -0.480 e. The number of carboxylic acid groups (broad SMARTS) is 1. The van der Waals surface area contributed by atoms with Crippen LogP contribution in [0.4, 0.5) is 4.39 Å². The van der Waals surface area contributed by atoms with Crippen molar-refractivity contribution in [2.75, 3.05) is 26.2 Å². The lowest BCUT2D eigenvalue weighted by Gasteiger charge is -2.28. The average molecular weight is 357 g/mol. The SMILES string of the molecule is Cc1ccc([C@H](C(=O)O)N2CCCN(Cc3ccncc3)CC2)c(F)c1. The molecule has 2 heterocycles. The number of aliphatic carboxylic acids is 1. The second-order valence-corrected chi connectivity index (χ2v) is 6.79. The van der Waals surface area contributed by atoms with Gasteiger partial charge in [-0.3, -0.25) is 19.6 Å². The van der Waals surface area contributed by atoms with Crippen LogP contribution in [0.2, 0.25) is 0 Å². The van der Waals surface area contributed by atoms with Gasteiger partial charge in [-0.2, -0.15) is 0 Å². The third-order valence-electron chi connectivity index (χ3n) is 4.83. The Kier molecular flexibility index (Phi) is 5.96. The van der Waals surface area contributed by atoms with E-state index in [-0.39, 0.29) is 5.56 Å². The van der Waals surface area contributed by atoms with Gasteiger partial charge in [-0.25, -0.2) is 4.39 Å². The normalized spacial score (nSPS) is 17.6. The van der Waals surface area contributed by atoms with Crippen molar-refractivity contribution >= 4 is 5.97 Å². The average Bonchev–Trinajstić information content (AvgIpc) is 2.83. The first-order valence-electron chi connectivity index (χ1n) is 8.89. The van der Waals surface area contributed by atoms with Crippen LogP contribution in [0.25, 0.3) is 0 Å². The van der Waals surface area contributed by atoms with Gasteiger partial charge in [-0.05, 0) is 49.2 Å². The Hall–Kier alpha value is -2.31. The fraction of sp³-hybridized carbons (Fsp3) is 0.400. The maximum absolute atomic E-state index is 14.4. The number of carboxylic acids is 1. The Morgan fingerprint density at radius 3 is 2.65 bits per heavy atom. The molecular formula is C20H24FN3O2. The standard InChI is InChI=1S/C20H24FN3O2/c1-15-3-4-17(18(21)13-15)19(20(25)26)24-10-2-9-23(11-12-24)14-16-5-7-22-8-6-16/h3-8,13,19H,2,9-12,14H2,1H3,(H,25,26)/t19-/m1/s1. The Balaban J connectivity index is 1.72. The van der Waals surface area contributed by atoms with E-state index in [4.69, 9.17) is 0 Å². The largest absolute Gasteiger partial charge is 0.480 e. The highest BCUT2D eigenvalue weighted by atomic mass is 19.1. The summed E-state index contributed by atoms with van der Waals surface area (Å²) in [5, 5.41) is 9.74. The molecule has 0 radical (unpaired) electrons. The minimum absolute atomic E-state index is 0.241. The Bertz CT molecular complexity index is 754. The molecule has 1 saturated heterocycles. The quantitative estimate of drug-likeness (QED) is 0.892. The van der Waals surface area contributed by atoms with Gasteiger partial charge in [0, 0.05) is 44.1 Å². The molecule has 6 heteroatoms. The van der Waals surface area contributed by atoms with Crippen LogP contribution < -0.4 is 0 Å². The first-order valence-corrected chi connectivity index (χ1v) is 8.89. The minimum atomic E-state index is -1.00. The Morgan fingerprint density at radius 1 is 1.19 bits per heavy atom. The molecule has 26 heavy (non-hydrogen) atoms. The van der Waals surface area contributed by atoms with Crippen molar-refractivity contribution in [1.82, 2.24) is 14.8 Å². The summed E-state index contributed by atoms with van der Waals surface area (Å²) < 4.78 is 14.4. The predicted molar refractivity (Wildman–Crippen MR) is 97.2 cm³/mol. The molecular weight excluding hydrogens is 333 g/mol. The number of nitrogens with zero attached hydrogens (tertiary/aromatic N) is 3. The van der Waals surface area contributed by atoms with Crippen LogP contribution in [0.1, 0.15) is 29.2 Å². The maximum Gasteiger partial charge on any atom is 0.325 e. The summed E-state index contributed by atoms with van der Waals surface area (Å²) in [7, 11) is 0. The summed E-state index contributed by atoms with van der Waals surface area (Å²) in [6.45, 7) is 5.48. The zero-order valence-corrected chi connectivity index (χ0v) is 14.9. The maximum atomic E-state index is 14.4. The highest BCUT2D eigenvalue weighted by Crippen LogP contribution is 2.26. The van der Waals surface area contributed by atoms with Gasteiger partial charge in [0.15, 0.2) is 0 Å². The molecule has 0 amide bonds. The summed E-state index contributed by atoms with van der Waals surface area (Å²) in [5.74, 6) is -1.45. The molecule has 0 saturated carbocycles. The van der Waals surface area contributed by atoms with Crippen LogP contribution in [0, 0.1) is 12.7 Å². The van der Waals surface area contributed by atoms with Crippen molar-refractivity contribution in [1.29, 1.82) is 0 Å². The fourth-order valence-electron chi connectivity index (χ4n) is 3.49. The third-order valence-corrected chi connectivity index (χ3v) is 4.83. The highest BCUT2D eigenvalue weighted by molar-refractivity contribution is 5.75. The van der Waals surface area contributed by atoms with Crippen molar-refractivity contribution in [2.24, 2.45) is 0 Å². The predicted octanol–water partition coefficient (Wildman–Crippen LogP) is 2.86. The third kappa shape index (κ3) is 4.45. The van der Waals surface area contributed by atoms with Crippen molar-refractivity contribution in [3.63, 3.8) is 0 Å². The van der Waals surface area contributed by atoms with Crippen molar-refractivity contribution in [2.45, 2.75) is 25.9 Å². The number of pyridine rings is 1. The fourth-order valence-corrected chi connectivity index (χ4v) is 3.49. The first kappa shape index (κ1) is 18.5. The number of halogens is 1. The van der Waals surface area contributed by atoms with Crippen LogP contribution in [0.3, 0.4) is 0 Å².